The summed E-state index contributed by atoms with van der Waals surface area (Å²) in [5.74, 6) is -2.08. The molecular formula is C15H11ClN2O5. The van der Waals surface area contributed by atoms with Crippen molar-refractivity contribution in [2.75, 3.05) is 5.73 Å². The molecule has 23 heavy (non-hydrogen) atoms. The van der Waals surface area contributed by atoms with Crippen molar-refractivity contribution < 1.29 is 19.6 Å². The number of hydrogen-bond acceptors (Lipinski definition) is 6. The van der Waals surface area contributed by atoms with Gasteiger partial charge in [-0.05, 0) is 30.3 Å². The highest BCUT2D eigenvalue weighted by molar-refractivity contribution is 6.31. The lowest BCUT2D eigenvalue weighted by atomic mass is 10.00. The second-order valence-corrected chi connectivity index (χ2v) is 5.16. The summed E-state index contributed by atoms with van der Waals surface area (Å²) in [5, 5.41) is 20.6. The van der Waals surface area contributed by atoms with Gasteiger partial charge in [0.1, 0.15) is 0 Å². The maximum absolute atomic E-state index is 12.2. The number of ketones is 2. The van der Waals surface area contributed by atoms with Crippen molar-refractivity contribution in [3.8, 4) is 5.75 Å². The number of benzene rings is 2. The van der Waals surface area contributed by atoms with Gasteiger partial charge in [0.05, 0.1) is 16.9 Å². The van der Waals surface area contributed by atoms with E-state index in [1.54, 1.807) is 0 Å². The molecule has 0 bridgehead atoms. The fraction of sp³-hybridized carbons (Fsp3) is 0.0667. The number of nitrogens with zero attached hydrogens (tertiary/aromatic N) is 1. The number of phenolic OH excluding ortho intramolecular Hbond substituents is 1. The van der Waals surface area contributed by atoms with Gasteiger partial charge in [-0.1, -0.05) is 11.6 Å². The molecule has 0 aliphatic heterocycles. The van der Waals surface area contributed by atoms with E-state index in [2.05, 4.69) is 0 Å². The Kier molecular flexibility index (Phi) is 4.61. The minimum Gasteiger partial charge on any atom is -0.502 e. The number of aromatic hydroxyl groups is 1. The molecule has 8 heteroatoms. The highest BCUT2D eigenvalue weighted by Crippen LogP contribution is 2.34. The number of carbonyl (C=O) groups excluding carboxylic acids is 2. The number of nitrogens with two attached hydrogens (primary N) is 1. The van der Waals surface area contributed by atoms with Gasteiger partial charge in [-0.15, -0.1) is 0 Å². The quantitative estimate of drug-likeness (QED) is 0.285. The topological polar surface area (TPSA) is 124 Å². The molecule has 7 nitrogen and oxygen atoms in total. The van der Waals surface area contributed by atoms with Crippen LogP contribution in [-0.2, 0) is 0 Å². The predicted octanol–water partition coefficient (Wildman–Crippen LogP) is 2.99. The summed E-state index contributed by atoms with van der Waals surface area (Å²) in [7, 11) is 0. The number of anilines is 1. The Morgan fingerprint density at radius 3 is 2.35 bits per heavy atom. The molecule has 0 unspecified atom stereocenters. The van der Waals surface area contributed by atoms with Gasteiger partial charge >= 0.3 is 5.69 Å². The zero-order chi connectivity index (χ0) is 17.1. The van der Waals surface area contributed by atoms with Crippen LogP contribution in [0.4, 0.5) is 11.4 Å². The molecular weight excluding hydrogens is 324 g/mol. The Bertz CT molecular complexity index is 802. The lowest BCUT2D eigenvalue weighted by Gasteiger charge is -2.05. The third-order valence-electron chi connectivity index (χ3n) is 3.11. The van der Waals surface area contributed by atoms with Crippen LogP contribution in [-0.4, -0.2) is 21.6 Å². The Hall–Kier alpha value is -2.93. The average Bonchev–Trinajstić information content (AvgIpc) is 2.49. The zero-order valence-electron chi connectivity index (χ0n) is 11.7. The molecule has 0 aliphatic rings. The molecule has 0 atom stereocenters. The van der Waals surface area contributed by atoms with E-state index in [0.29, 0.717) is 5.69 Å². The summed E-state index contributed by atoms with van der Waals surface area (Å²) in [6.45, 7) is 0. The molecule has 0 spiro atoms. The van der Waals surface area contributed by atoms with Gasteiger partial charge in [0.15, 0.2) is 11.6 Å². The van der Waals surface area contributed by atoms with Crippen molar-refractivity contribution in [1.29, 1.82) is 0 Å². The molecule has 118 valence electrons. The van der Waals surface area contributed by atoms with Crippen molar-refractivity contribution >= 4 is 34.5 Å². The molecule has 0 amide bonds. The SMILES string of the molecule is Nc1ccc(C(=O)CC(=O)c2cc(Cl)cc([N+](=O)[O-])c2O)cc1. The van der Waals surface area contributed by atoms with Crippen LogP contribution in [0.5, 0.6) is 5.75 Å². The van der Waals surface area contributed by atoms with Crippen molar-refractivity contribution in [2.24, 2.45) is 0 Å². The molecule has 2 aromatic carbocycles. The van der Waals surface area contributed by atoms with E-state index < -0.39 is 34.3 Å². The fourth-order valence-corrected chi connectivity index (χ4v) is 2.16. The van der Waals surface area contributed by atoms with Crippen LogP contribution in [0.3, 0.4) is 0 Å². The Morgan fingerprint density at radius 2 is 1.78 bits per heavy atom. The van der Waals surface area contributed by atoms with Crippen molar-refractivity contribution in [2.45, 2.75) is 6.42 Å². The molecule has 0 heterocycles. The maximum Gasteiger partial charge on any atom is 0.312 e. The molecule has 0 fully saturated rings. The minimum absolute atomic E-state index is 0.0854. The molecule has 2 rings (SSSR count). The van der Waals surface area contributed by atoms with Gasteiger partial charge in [-0.25, -0.2) is 0 Å². The molecule has 0 aliphatic carbocycles. The first-order valence-corrected chi connectivity index (χ1v) is 6.76. The molecule has 0 saturated carbocycles. The van der Waals surface area contributed by atoms with Crippen LogP contribution >= 0.6 is 11.6 Å². The number of nitro benzene ring substituents is 1. The van der Waals surface area contributed by atoms with Crippen LogP contribution in [0.25, 0.3) is 0 Å². The maximum atomic E-state index is 12.2. The number of hydrogen-bond donors (Lipinski definition) is 2. The first-order chi connectivity index (χ1) is 10.8. The van der Waals surface area contributed by atoms with E-state index in [1.165, 1.54) is 24.3 Å². The number of halogens is 1. The molecule has 2 aromatic rings. The van der Waals surface area contributed by atoms with Gasteiger partial charge in [0.25, 0.3) is 0 Å². The third-order valence-corrected chi connectivity index (χ3v) is 3.32. The zero-order valence-corrected chi connectivity index (χ0v) is 12.4. The summed E-state index contributed by atoms with van der Waals surface area (Å²) in [4.78, 5) is 34.2. The third kappa shape index (κ3) is 3.64. The number of rotatable bonds is 5. The number of phenols is 1. The lowest BCUT2D eigenvalue weighted by molar-refractivity contribution is -0.385. The van der Waals surface area contributed by atoms with Gasteiger partial charge in [-0.3, -0.25) is 19.7 Å². The lowest BCUT2D eigenvalue weighted by Crippen LogP contribution is -2.09. The standard InChI is InChI=1S/C15H11ClN2O5/c16-9-5-11(15(21)12(6-9)18(22)23)14(20)7-13(19)8-1-3-10(17)4-2-8/h1-6,21H,7,17H2. The summed E-state index contributed by atoms with van der Waals surface area (Å²) in [5.41, 5.74) is 5.19. The van der Waals surface area contributed by atoms with E-state index in [0.717, 1.165) is 12.1 Å². The van der Waals surface area contributed by atoms with Crippen LogP contribution in [0.2, 0.25) is 5.02 Å². The molecule has 3 N–H and O–H groups in total. The van der Waals surface area contributed by atoms with E-state index in [-0.39, 0.29) is 16.1 Å². The molecule has 0 saturated heterocycles. The van der Waals surface area contributed by atoms with E-state index in [1.807, 2.05) is 0 Å². The summed E-state index contributed by atoms with van der Waals surface area (Å²) in [6, 6.07) is 7.97. The number of Topliss-reactive ketones (excluding diaryl/α,β-unsaturated/α-hetero) is 2. The Labute approximate surface area is 135 Å². The molecule has 0 aromatic heterocycles. The highest BCUT2D eigenvalue weighted by Gasteiger charge is 2.24. The van der Waals surface area contributed by atoms with Crippen molar-refractivity contribution in [3.63, 3.8) is 0 Å². The van der Waals surface area contributed by atoms with E-state index >= 15 is 0 Å². The van der Waals surface area contributed by atoms with Gasteiger partial charge in [0.2, 0.25) is 5.75 Å². The van der Waals surface area contributed by atoms with Gasteiger partial charge in [-0.2, -0.15) is 0 Å². The van der Waals surface area contributed by atoms with Gasteiger partial charge in [0, 0.05) is 22.3 Å². The second kappa shape index (κ2) is 6.45. The first kappa shape index (κ1) is 16.4. The summed E-state index contributed by atoms with van der Waals surface area (Å²) >= 11 is 5.71. The van der Waals surface area contributed by atoms with Crippen LogP contribution < -0.4 is 5.73 Å². The fourth-order valence-electron chi connectivity index (χ4n) is 1.95. The van der Waals surface area contributed by atoms with Crippen LogP contribution in [0.1, 0.15) is 27.1 Å². The Balaban J connectivity index is 2.29. The smallest absolute Gasteiger partial charge is 0.312 e. The first-order valence-electron chi connectivity index (χ1n) is 6.38. The number of nitro groups is 1. The normalized spacial score (nSPS) is 10.3. The van der Waals surface area contributed by atoms with Crippen LogP contribution in [0, 0.1) is 10.1 Å². The monoisotopic (exact) mass is 334 g/mol. The summed E-state index contributed by atoms with van der Waals surface area (Å²) in [6.07, 6.45) is -0.561. The number of nitrogen functional groups attached to an aromatic ring is 1. The molecule has 0 radical (unpaired) electrons. The number of carbonyl (C=O) groups is 2. The van der Waals surface area contributed by atoms with Gasteiger partial charge < -0.3 is 10.8 Å². The van der Waals surface area contributed by atoms with Crippen molar-refractivity contribution in [3.05, 3.63) is 62.7 Å². The average molecular weight is 335 g/mol. The van der Waals surface area contributed by atoms with E-state index in [4.69, 9.17) is 17.3 Å². The minimum atomic E-state index is -0.861. The Morgan fingerprint density at radius 1 is 1.17 bits per heavy atom. The van der Waals surface area contributed by atoms with Crippen molar-refractivity contribution in [1.82, 2.24) is 0 Å². The van der Waals surface area contributed by atoms with Crippen LogP contribution in [0.15, 0.2) is 36.4 Å². The highest BCUT2D eigenvalue weighted by atomic mass is 35.5. The largest absolute Gasteiger partial charge is 0.502 e. The van der Waals surface area contributed by atoms with E-state index in [9.17, 15) is 24.8 Å². The summed E-state index contributed by atoms with van der Waals surface area (Å²) < 4.78 is 0. The second-order valence-electron chi connectivity index (χ2n) is 4.72. The predicted molar refractivity (Wildman–Crippen MR) is 83.9 cm³/mol.